The quantitative estimate of drug-likeness (QED) is 0.511. The molecule has 5 rings (SSSR count). The van der Waals surface area contributed by atoms with Crippen molar-refractivity contribution in [3.63, 3.8) is 0 Å². The number of amides is 1. The van der Waals surface area contributed by atoms with Crippen molar-refractivity contribution in [1.29, 1.82) is 0 Å². The second-order valence-electron chi connectivity index (χ2n) is 8.55. The number of rotatable bonds is 6. The van der Waals surface area contributed by atoms with Crippen LogP contribution in [0.4, 0.5) is 0 Å². The number of aromatic hydroxyl groups is 2. The molecule has 10 heteroatoms. The monoisotopic (exact) mass is 451 g/mol. The van der Waals surface area contributed by atoms with E-state index in [1.807, 2.05) is 29.2 Å². The molecule has 0 spiro atoms. The van der Waals surface area contributed by atoms with Gasteiger partial charge in [-0.15, -0.1) is 0 Å². The molecule has 1 unspecified atom stereocenters. The smallest absolute Gasteiger partial charge is 0.348 e. The number of likely N-dealkylation sites (tertiary alicyclic amines) is 2. The number of benzene rings is 2. The lowest BCUT2D eigenvalue weighted by Crippen LogP contribution is -2.79. The fraction of sp³-hybridized carbons (Fsp3) is 0.348. The van der Waals surface area contributed by atoms with Crippen LogP contribution >= 0.6 is 0 Å². The minimum Gasteiger partial charge on any atom is -0.508 e. The van der Waals surface area contributed by atoms with Crippen molar-refractivity contribution in [3.8, 4) is 28.6 Å². The molecule has 0 radical (unpaired) electrons. The van der Waals surface area contributed by atoms with Crippen molar-refractivity contribution in [2.75, 3.05) is 26.8 Å². The Morgan fingerprint density at radius 1 is 1.15 bits per heavy atom. The van der Waals surface area contributed by atoms with Gasteiger partial charge in [-0.3, -0.25) is 9.69 Å². The van der Waals surface area contributed by atoms with E-state index < -0.39 is 5.69 Å². The maximum Gasteiger partial charge on any atom is 0.348 e. The number of fused-ring (bicyclic) bond motifs is 1. The molecular weight excluding hydrogens is 426 g/mol. The molecule has 2 saturated heterocycles. The van der Waals surface area contributed by atoms with Crippen LogP contribution in [0.3, 0.4) is 0 Å². The van der Waals surface area contributed by atoms with Crippen LogP contribution < -0.4 is 5.69 Å². The second kappa shape index (κ2) is 8.05. The molecule has 3 aromatic rings. The normalized spacial score (nSPS) is 19.6. The van der Waals surface area contributed by atoms with Gasteiger partial charge in [0, 0.05) is 38.9 Å². The molecule has 2 atom stereocenters. The third-order valence-electron chi connectivity index (χ3n) is 6.51. The van der Waals surface area contributed by atoms with Crippen LogP contribution in [0, 0.1) is 6.92 Å². The standard InChI is InChI=1S/C23H25N5O5/c1-13-7-16(20(30)8-19(13)29)22-24-25-23(32)28(22)15-5-3-14(4-6-15)9-26-10-18-17(26)11-27(18)21(31)12-33-2/h3-8,17-18,29-30H,9-12H2,1-2H3,(H,25,32)/t17?,18-/m1/s1. The fourth-order valence-electron chi connectivity index (χ4n) is 4.59. The van der Waals surface area contributed by atoms with Gasteiger partial charge in [0.2, 0.25) is 5.91 Å². The van der Waals surface area contributed by atoms with E-state index in [2.05, 4.69) is 15.1 Å². The van der Waals surface area contributed by atoms with Gasteiger partial charge in [0.25, 0.3) is 0 Å². The lowest BCUT2D eigenvalue weighted by atomic mass is 9.85. The Kier molecular flexibility index (Phi) is 5.18. The molecule has 0 saturated carbocycles. The fourth-order valence-corrected chi connectivity index (χ4v) is 4.59. The second-order valence-corrected chi connectivity index (χ2v) is 8.55. The molecule has 1 amide bonds. The number of hydrogen-bond acceptors (Lipinski definition) is 7. The van der Waals surface area contributed by atoms with Gasteiger partial charge in [0.05, 0.1) is 17.3 Å². The number of piperazine rings is 1. The summed E-state index contributed by atoms with van der Waals surface area (Å²) in [4.78, 5) is 28.7. The van der Waals surface area contributed by atoms with Gasteiger partial charge in [0.1, 0.15) is 18.1 Å². The molecule has 3 heterocycles. The maximum atomic E-state index is 12.5. The third-order valence-corrected chi connectivity index (χ3v) is 6.51. The number of phenols is 2. The highest BCUT2D eigenvalue weighted by atomic mass is 16.5. The number of hydrogen-bond donors (Lipinski definition) is 3. The van der Waals surface area contributed by atoms with Crippen LogP contribution in [0.5, 0.6) is 11.5 Å². The zero-order chi connectivity index (χ0) is 23.3. The SMILES string of the molecule is COCC(=O)N1CC2[C@H]1CN2Cc1ccc(-n2c(-c3cc(C)c(O)cc3O)n[nH]c2=O)cc1. The summed E-state index contributed by atoms with van der Waals surface area (Å²) >= 11 is 0. The summed E-state index contributed by atoms with van der Waals surface area (Å²) in [6.07, 6.45) is 0. The summed E-state index contributed by atoms with van der Waals surface area (Å²) in [7, 11) is 1.53. The van der Waals surface area contributed by atoms with Gasteiger partial charge < -0.3 is 19.8 Å². The van der Waals surface area contributed by atoms with Gasteiger partial charge in [-0.25, -0.2) is 14.5 Å². The number of carbonyl (C=O) groups excluding carboxylic acids is 1. The van der Waals surface area contributed by atoms with Gasteiger partial charge in [-0.05, 0) is 36.2 Å². The zero-order valence-corrected chi connectivity index (χ0v) is 18.4. The first-order chi connectivity index (χ1) is 15.9. The number of aromatic amines is 1. The first-order valence-corrected chi connectivity index (χ1v) is 10.7. The van der Waals surface area contributed by atoms with Crippen LogP contribution in [0.2, 0.25) is 0 Å². The largest absolute Gasteiger partial charge is 0.508 e. The number of ether oxygens (including phenoxy) is 1. The van der Waals surface area contributed by atoms with Crippen molar-refractivity contribution in [1.82, 2.24) is 24.6 Å². The van der Waals surface area contributed by atoms with Gasteiger partial charge in [-0.1, -0.05) is 12.1 Å². The summed E-state index contributed by atoms with van der Waals surface area (Å²) in [5, 5.41) is 26.6. The van der Waals surface area contributed by atoms with E-state index in [0.717, 1.165) is 25.2 Å². The Morgan fingerprint density at radius 2 is 1.91 bits per heavy atom. The van der Waals surface area contributed by atoms with Crippen molar-refractivity contribution in [2.24, 2.45) is 0 Å². The van der Waals surface area contributed by atoms with E-state index in [1.54, 1.807) is 13.0 Å². The molecule has 10 nitrogen and oxygen atoms in total. The number of aryl methyl sites for hydroxylation is 1. The molecule has 0 bridgehead atoms. The molecule has 0 aliphatic carbocycles. The number of methoxy groups -OCH3 is 1. The van der Waals surface area contributed by atoms with Crippen LogP contribution in [0.25, 0.3) is 17.1 Å². The Hall–Kier alpha value is -3.63. The molecule has 2 aliphatic heterocycles. The Balaban J connectivity index is 1.31. The molecule has 1 aromatic heterocycles. The highest BCUT2D eigenvalue weighted by Gasteiger charge is 2.52. The van der Waals surface area contributed by atoms with Crippen molar-refractivity contribution in [2.45, 2.75) is 25.6 Å². The average Bonchev–Trinajstić information content (AvgIpc) is 3.15. The Labute approximate surface area is 189 Å². The summed E-state index contributed by atoms with van der Waals surface area (Å²) < 4.78 is 6.32. The van der Waals surface area contributed by atoms with E-state index in [-0.39, 0.29) is 35.9 Å². The van der Waals surface area contributed by atoms with Crippen LogP contribution in [0.1, 0.15) is 11.1 Å². The van der Waals surface area contributed by atoms with Gasteiger partial charge in [0.15, 0.2) is 5.82 Å². The van der Waals surface area contributed by atoms with Crippen LogP contribution in [0.15, 0.2) is 41.2 Å². The van der Waals surface area contributed by atoms with Crippen molar-refractivity contribution >= 4 is 5.91 Å². The van der Waals surface area contributed by atoms with E-state index in [1.165, 1.54) is 17.7 Å². The minimum atomic E-state index is -0.427. The number of aromatic nitrogens is 3. The predicted octanol–water partition coefficient (Wildman–Crippen LogP) is 0.989. The Morgan fingerprint density at radius 3 is 2.58 bits per heavy atom. The maximum absolute atomic E-state index is 12.5. The van der Waals surface area contributed by atoms with E-state index in [0.29, 0.717) is 22.9 Å². The highest BCUT2D eigenvalue weighted by molar-refractivity contribution is 5.79. The average molecular weight is 451 g/mol. The summed E-state index contributed by atoms with van der Waals surface area (Å²) in [5.74, 6) is 0.102. The Bertz CT molecular complexity index is 1270. The topological polar surface area (TPSA) is 124 Å². The third kappa shape index (κ3) is 3.57. The first kappa shape index (κ1) is 21.2. The van der Waals surface area contributed by atoms with E-state index in [9.17, 15) is 19.8 Å². The molecule has 3 N–H and O–H groups in total. The summed E-state index contributed by atoms with van der Waals surface area (Å²) in [6, 6.07) is 11.1. The van der Waals surface area contributed by atoms with Crippen molar-refractivity contribution in [3.05, 3.63) is 58.0 Å². The van der Waals surface area contributed by atoms with Gasteiger partial charge >= 0.3 is 5.69 Å². The molecule has 172 valence electrons. The number of carbonyl (C=O) groups is 1. The first-order valence-electron chi connectivity index (χ1n) is 10.7. The number of phenolic OH excluding ortho intramolecular Hbond substituents is 2. The lowest BCUT2D eigenvalue weighted by molar-refractivity contribution is -0.170. The van der Waals surface area contributed by atoms with Crippen LogP contribution in [-0.2, 0) is 16.1 Å². The minimum absolute atomic E-state index is 0.0316. The molecular formula is C23H25N5O5. The summed E-state index contributed by atoms with van der Waals surface area (Å²) in [6.45, 7) is 4.17. The molecule has 2 aromatic carbocycles. The van der Waals surface area contributed by atoms with E-state index in [4.69, 9.17) is 4.74 Å². The highest BCUT2D eigenvalue weighted by Crippen LogP contribution is 2.35. The number of H-pyrrole nitrogens is 1. The van der Waals surface area contributed by atoms with Gasteiger partial charge in [-0.2, -0.15) is 5.10 Å². The molecule has 33 heavy (non-hydrogen) atoms. The van der Waals surface area contributed by atoms with Crippen molar-refractivity contribution < 1.29 is 19.7 Å². The number of nitrogens with zero attached hydrogens (tertiary/aromatic N) is 4. The summed E-state index contributed by atoms with van der Waals surface area (Å²) in [5.41, 5.74) is 2.19. The van der Waals surface area contributed by atoms with Crippen LogP contribution in [-0.4, -0.2) is 79.6 Å². The van der Waals surface area contributed by atoms with E-state index >= 15 is 0 Å². The molecule has 2 fully saturated rings. The predicted molar refractivity (Wildman–Crippen MR) is 119 cm³/mol. The molecule has 2 aliphatic rings. The lowest BCUT2D eigenvalue weighted by Gasteiger charge is -2.62. The zero-order valence-electron chi connectivity index (χ0n) is 18.4. The number of nitrogens with one attached hydrogen (secondary N) is 1.